The summed E-state index contributed by atoms with van der Waals surface area (Å²) in [6.07, 6.45) is 4.22. The van der Waals surface area contributed by atoms with Gasteiger partial charge in [0.15, 0.2) is 0 Å². The third-order valence-electron chi connectivity index (χ3n) is 3.90. The molecule has 1 atom stereocenters. The molecule has 1 unspecified atom stereocenters. The molecular weight excluding hydrogens is 298 g/mol. The number of hydrogen-bond donors (Lipinski definition) is 1. The highest BCUT2D eigenvalue weighted by Gasteiger charge is 2.15. The number of ether oxygens (including phenoxy) is 1. The van der Waals surface area contributed by atoms with Crippen molar-refractivity contribution in [1.82, 2.24) is 15.1 Å². The minimum Gasteiger partial charge on any atom is -0.489 e. The third kappa shape index (κ3) is 3.18. The van der Waals surface area contributed by atoms with Gasteiger partial charge in [-0.2, -0.15) is 5.10 Å². The van der Waals surface area contributed by atoms with Crippen molar-refractivity contribution in [1.29, 1.82) is 0 Å². The summed E-state index contributed by atoms with van der Waals surface area (Å²) in [4.78, 5) is 0. The first-order valence-electron chi connectivity index (χ1n) is 7.38. The Morgan fingerprint density at radius 1 is 1.45 bits per heavy atom. The number of rotatable bonds is 4. The fraction of sp³-hybridized carbons (Fsp3) is 0.353. The highest BCUT2D eigenvalue weighted by atomic mass is 35.5. The van der Waals surface area contributed by atoms with Crippen LogP contribution in [0.2, 0.25) is 5.02 Å². The van der Waals surface area contributed by atoms with Gasteiger partial charge in [-0.25, -0.2) is 0 Å². The first-order chi connectivity index (χ1) is 10.5. The van der Waals surface area contributed by atoms with Gasteiger partial charge >= 0.3 is 0 Å². The van der Waals surface area contributed by atoms with E-state index in [1.165, 1.54) is 11.1 Å². The second-order valence-corrected chi connectivity index (χ2v) is 6.16. The summed E-state index contributed by atoms with van der Waals surface area (Å²) in [7, 11) is 1.95. The van der Waals surface area contributed by atoms with E-state index in [0.29, 0.717) is 6.61 Å². The minimum absolute atomic E-state index is 0.246. The largest absolute Gasteiger partial charge is 0.489 e. The molecule has 2 aromatic rings. The van der Waals surface area contributed by atoms with Gasteiger partial charge in [0.25, 0.3) is 0 Å². The average Bonchev–Trinajstić information content (AvgIpc) is 2.83. The normalized spacial score (nSPS) is 15.0. The van der Waals surface area contributed by atoms with E-state index in [1.807, 2.05) is 36.9 Å². The van der Waals surface area contributed by atoms with E-state index in [2.05, 4.69) is 29.6 Å². The molecule has 0 saturated carbocycles. The predicted molar refractivity (Wildman–Crippen MR) is 89.3 cm³/mol. The molecule has 3 rings (SSSR count). The maximum Gasteiger partial charge on any atom is 0.127 e. The smallest absolute Gasteiger partial charge is 0.127 e. The number of fused-ring (bicyclic) bond motifs is 1. The highest BCUT2D eigenvalue weighted by Crippen LogP contribution is 2.29. The van der Waals surface area contributed by atoms with Crippen molar-refractivity contribution < 1.29 is 4.74 Å². The number of aryl methyl sites for hydroxylation is 2. The van der Waals surface area contributed by atoms with Gasteiger partial charge in [0.05, 0.1) is 5.69 Å². The van der Waals surface area contributed by atoms with Crippen LogP contribution in [0.4, 0.5) is 0 Å². The van der Waals surface area contributed by atoms with Crippen LogP contribution in [0.5, 0.6) is 5.75 Å². The first kappa shape index (κ1) is 15.1. The fourth-order valence-electron chi connectivity index (χ4n) is 2.73. The molecule has 1 aromatic heterocycles. The lowest BCUT2D eigenvalue weighted by atomic mass is 10.1. The Bertz CT molecular complexity index is 721. The van der Waals surface area contributed by atoms with Gasteiger partial charge in [0, 0.05) is 42.0 Å². The SMILES string of the molecule is Cc1nn(C)cc1C(C)NCC1=Cc2cc(Cl)ccc2OC1. The van der Waals surface area contributed by atoms with Crippen LogP contribution in [0.1, 0.15) is 29.8 Å². The summed E-state index contributed by atoms with van der Waals surface area (Å²) in [5, 5.41) is 8.65. The Balaban J connectivity index is 1.68. The molecule has 0 radical (unpaired) electrons. The predicted octanol–water partition coefficient (Wildman–Crippen LogP) is 3.51. The maximum absolute atomic E-state index is 6.04. The van der Waals surface area contributed by atoms with Gasteiger partial charge in [-0.05, 0) is 43.7 Å². The molecular formula is C17H20ClN3O. The Kier molecular flexibility index (Phi) is 4.23. The highest BCUT2D eigenvalue weighted by molar-refractivity contribution is 6.30. The van der Waals surface area contributed by atoms with Crippen LogP contribution in [-0.2, 0) is 7.05 Å². The first-order valence-corrected chi connectivity index (χ1v) is 7.76. The van der Waals surface area contributed by atoms with Crippen molar-refractivity contribution in [3.05, 3.63) is 51.8 Å². The summed E-state index contributed by atoms with van der Waals surface area (Å²) in [5.41, 5.74) is 4.54. The van der Waals surface area contributed by atoms with E-state index in [4.69, 9.17) is 16.3 Å². The van der Waals surface area contributed by atoms with Crippen molar-refractivity contribution in [2.75, 3.05) is 13.2 Å². The molecule has 1 N–H and O–H groups in total. The maximum atomic E-state index is 6.04. The molecule has 0 spiro atoms. The van der Waals surface area contributed by atoms with Gasteiger partial charge in [-0.3, -0.25) is 4.68 Å². The fourth-order valence-corrected chi connectivity index (χ4v) is 2.92. The lowest BCUT2D eigenvalue weighted by Crippen LogP contribution is -2.24. The van der Waals surface area contributed by atoms with E-state index in [1.54, 1.807) is 0 Å². The Morgan fingerprint density at radius 2 is 2.27 bits per heavy atom. The summed E-state index contributed by atoms with van der Waals surface area (Å²) in [6, 6.07) is 5.95. The van der Waals surface area contributed by atoms with Gasteiger partial charge in [0.2, 0.25) is 0 Å². The van der Waals surface area contributed by atoms with Gasteiger partial charge < -0.3 is 10.1 Å². The molecule has 0 bridgehead atoms. The molecule has 0 aliphatic carbocycles. The van der Waals surface area contributed by atoms with E-state index < -0.39 is 0 Å². The summed E-state index contributed by atoms with van der Waals surface area (Å²) >= 11 is 6.04. The quantitative estimate of drug-likeness (QED) is 0.938. The van der Waals surface area contributed by atoms with Gasteiger partial charge in [0.1, 0.15) is 12.4 Å². The zero-order chi connectivity index (χ0) is 15.7. The van der Waals surface area contributed by atoms with Crippen molar-refractivity contribution in [3.8, 4) is 5.75 Å². The lowest BCUT2D eigenvalue weighted by Gasteiger charge is -2.20. The standard InChI is InChI=1S/C17H20ClN3O/c1-11(16-9-21(3)20-12(16)2)19-8-13-6-14-7-15(18)4-5-17(14)22-10-13/h4-7,9,11,19H,8,10H2,1-3H3. The molecule has 22 heavy (non-hydrogen) atoms. The van der Waals surface area contributed by atoms with Crippen LogP contribution in [0.3, 0.4) is 0 Å². The van der Waals surface area contributed by atoms with Crippen LogP contribution in [0.15, 0.2) is 30.0 Å². The van der Waals surface area contributed by atoms with Crippen LogP contribution >= 0.6 is 11.6 Å². The number of halogens is 1. The van der Waals surface area contributed by atoms with Crippen molar-refractivity contribution in [3.63, 3.8) is 0 Å². The van der Waals surface area contributed by atoms with Crippen molar-refractivity contribution >= 4 is 17.7 Å². The van der Waals surface area contributed by atoms with E-state index in [-0.39, 0.29) is 6.04 Å². The molecule has 0 amide bonds. The monoisotopic (exact) mass is 317 g/mol. The number of benzene rings is 1. The van der Waals surface area contributed by atoms with E-state index in [0.717, 1.165) is 28.6 Å². The zero-order valence-corrected chi connectivity index (χ0v) is 13.8. The molecule has 5 heteroatoms. The second-order valence-electron chi connectivity index (χ2n) is 5.72. The Morgan fingerprint density at radius 3 is 3.00 bits per heavy atom. The van der Waals surface area contributed by atoms with Gasteiger partial charge in [-0.1, -0.05) is 11.6 Å². The molecule has 2 heterocycles. The number of nitrogens with one attached hydrogen (secondary N) is 1. The zero-order valence-electron chi connectivity index (χ0n) is 13.1. The third-order valence-corrected chi connectivity index (χ3v) is 4.13. The van der Waals surface area contributed by atoms with Crippen molar-refractivity contribution in [2.45, 2.75) is 19.9 Å². The average molecular weight is 318 g/mol. The topological polar surface area (TPSA) is 39.1 Å². The summed E-state index contributed by atoms with van der Waals surface area (Å²) in [5.74, 6) is 0.893. The molecule has 116 valence electrons. The van der Waals surface area contributed by atoms with Crippen molar-refractivity contribution in [2.24, 2.45) is 7.05 Å². The molecule has 0 saturated heterocycles. The number of aromatic nitrogens is 2. The van der Waals surface area contributed by atoms with E-state index >= 15 is 0 Å². The van der Waals surface area contributed by atoms with Crippen LogP contribution in [-0.4, -0.2) is 22.9 Å². The Hall–Kier alpha value is -1.78. The van der Waals surface area contributed by atoms with Gasteiger partial charge in [-0.15, -0.1) is 0 Å². The summed E-state index contributed by atoms with van der Waals surface area (Å²) in [6.45, 7) is 5.58. The minimum atomic E-state index is 0.246. The Labute approximate surface area is 135 Å². The second kappa shape index (κ2) is 6.15. The molecule has 4 nitrogen and oxygen atoms in total. The lowest BCUT2D eigenvalue weighted by molar-refractivity contribution is 0.341. The summed E-state index contributed by atoms with van der Waals surface area (Å²) < 4.78 is 7.62. The van der Waals surface area contributed by atoms with Crippen LogP contribution < -0.4 is 10.1 Å². The van der Waals surface area contributed by atoms with E-state index in [9.17, 15) is 0 Å². The molecule has 0 fully saturated rings. The number of hydrogen-bond acceptors (Lipinski definition) is 3. The number of nitrogens with zero attached hydrogens (tertiary/aromatic N) is 2. The van der Waals surface area contributed by atoms with Crippen LogP contribution in [0, 0.1) is 6.92 Å². The molecule has 1 aliphatic rings. The van der Waals surface area contributed by atoms with Crippen LogP contribution in [0.25, 0.3) is 6.08 Å². The molecule has 1 aromatic carbocycles. The molecule has 1 aliphatic heterocycles.